The Labute approximate surface area is 134 Å². The van der Waals surface area contributed by atoms with Crippen molar-refractivity contribution in [2.75, 3.05) is 31.6 Å². The van der Waals surface area contributed by atoms with Crippen molar-refractivity contribution in [1.29, 1.82) is 0 Å². The molecule has 0 aliphatic carbocycles. The molecule has 1 saturated heterocycles. The lowest BCUT2D eigenvalue weighted by Crippen LogP contribution is -2.43. The number of sulfone groups is 1. The third-order valence-electron chi connectivity index (χ3n) is 4.44. The third kappa shape index (κ3) is 3.18. The van der Waals surface area contributed by atoms with Crippen LogP contribution in [0.1, 0.15) is 29.5 Å². The molecule has 1 aromatic heterocycles. The van der Waals surface area contributed by atoms with Crippen LogP contribution in [0.4, 0.5) is 0 Å². The van der Waals surface area contributed by atoms with E-state index in [-0.39, 0.29) is 29.4 Å². The van der Waals surface area contributed by atoms with E-state index in [0.717, 1.165) is 23.4 Å². The molecule has 2 unspecified atom stereocenters. The number of hydrogen-bond donors (Lipinski definition) is 1. The highest BCUT2D eigenvalue weighted by molar-refractivity contribution is 7.91. The summed E-state index contributed by atoms with van der Waals surface area (Å²) in [6.45, 7) is 1.15. The average molecular weight is 343 g/mol. The number of amides is 1. The van der Waals surface area contributed by atoms with Crippen molar-refractivity contribution >= 4 is 27.1 Å². The van der Waals surface area contributed by atoms with Gasteiger partial charge >= 0.3 is 0 Å². The quantitative estimate of drug-likeness (QED) is 0.870. The minimum Gasteiger partial charge on any atom is -0.340 e. The molecule has 0 bridgehead atoms. The van der Waals surface area contributed by atoms with Crippen molar-refractivity contribution in [3.05, 3.63) is 16.1 Å². The summed E-state index contributed by atoms with van der Waals surface area (Å²) >= 11 is 1.51. The first kappa shape index (κ1) is 15.9. The summed E-state index contributed by atoms with van der Waals surface area (Å²) in [5.41, 5.74) is 2.77. The SMILES string of the molecule is CNC1C(=O)N(CC2CCCS(=O)(=O)C2)CCc2ncsc21. The first-order valence-electron chi connectivity index (χ1n) is 7.59. The van der Waals surface area contributed by atoms with Crippen molar-refractivity contribution in [3.8, 4) is 0 Å². The molecule has 1 fully saturated rings. The minimum atomic E-state index is -2.94. The van der Waals surface area contributed by atoms with E-state index < -0.39 is 9.84 Å². The van der Waals surface area contributed by atoms with E-state index in [0.29, 0.717) is 19.5 Å². The Bertz CT molecular complexity index is 656. The average Bonchev–Trinajstić information content (AvgIpc) is 2.87. The molecule has 0 radical (unpaired) electrons. The molecule has 8 heteroatoms. The van der Waals surface area contributed by atoms with Gasteiger partial charge in [-0.05, 0) is 25.8 Å². The fourth-order valence-electron chi connectivity index (χ4n) is 3.36. The molecule has 2 aliphatic rings. The number of nitrogens with one attached hydrogen (secondary N) is 1. The summed E-state index contributed by atoms with van der Waals surface area (Å²) in [6, 6.07) is -0.356. The maximum atomic E-state index is 12.8. The zero-order valence-electron chi connectivity index (χ0n) is 12.6. The van der Waals surface area contributed by atoms with Crippen molar-refractivity contribution in [3.63, 3.8) is 0 Å². The smallest absolute Gasteiger partial charge is 0.245 e. The summed E-state index contributed by atoms with van der Waals surface area (Å²) in [7, 11) is -1.16. The Morgan fingerprint density at radius 1 is 1.50 bits per heavy atom. The zero-order chi connectivity index (χ0) is 15.7. The molecule has 0 spiro atoms. The summed E-state index contributed by atoms with van der Waals surface area (Å²) in [4.78, 5) is 19.9. The lowest BCUT2D eigenvalue weighted by molar-refractivity contribution is -0.133. The molecule has 1 amide bonds. The van der Waals surface area contributed by atoms with Crippen LogP contribution in [-0.2, 0) is 21.1 Å². The van der Waals surface area contributed by atoms with Crippen molar-refractivity contribution < 1.29 is 13.2 Å². The van der Waals surface area contributed by atoms with E-state index in [1.54, 1.807) is 12.6 Å². The molecule has 2 aliphatic heterocycles. The van der Waals surface area contributed by atoms with E-state index in [2.05, 4.69) is 10.3 Å². The van der Waals surface area contributed by atoms with Crippen LogP contribution in [0.2, 0.25) is 0 Å². The van der Waals surface area contributed by atoms with Gasteiger partial charge in [-0.15, -0.1) is 11.3 Å². The maximum absolute atomic E-state index is 12.8. The van der Waals surface area contributed by atoms with Gasteiger partial charge in [0.15, 0.2) is 9.84 Å². The maximum Gasteiger partial charge on any atom is 0.245 e. The minimum absolute atomic E-state index is 0.0356. The van der Waals surface area contributed by atoms with Crippen LogP contribution in [0.5, 0.6) is 0 Å². The molecule has 1 aromatic rings. The van der Waals surface area contributed by atoms with Crippen LogP contribution < -0.4 is 5.32 Å². The van der Waals surface area contributed by atoms with E-state index in [1.807, 2.05) is 4.90 Å². The number of rotatable bonds is 3. The molecule has 6 nitrogen and oxygen atoms in total. The number of thiazole rings is 1. The Kier molecular flexibility index (Phi) is 4.52. The van der Waals surface area contributed by atoms with Crippen LogP contribution in [0.25, 0.3) is 0 Å². The Balaban J connectivity index is 1.75. The first-order chi connectivity index (χ1) is 10.5. The van der Waals surface area contributed by atoms with Gasteiger partial charge in [-0.2, -0.15) is 0 Å². The molecule has 2 atom stereocenters. The highest BCUT2D eigenvalue weighted by Gasteiger charge is 2.34. The Morgan fingerprint density at radius 2 is 2.32 bits per heavy atom. The zero-order valence-corrected chi connectivity index (χ0v) is 14.3. The van der Waals surface area contributed by atoms with Gasteiger partial charge in [-0.3, -0.25) is 4.79 Å². The molecule has 1 N–H and O–H groups in total. The van der Waals surface area contributed by atoms with E-state index in [4.69, 9.17) is 0 Å². The van der Waals surface area contributed by atoms with Crippen LogP contribution in [0.3, 0.4) is 0 Å². The normalized spacial score (nSPS) is 28.2. The number of likely N-dealkylation sites (N-methyl/N-ethyl adjacent to an activating group) is 1. The second-order valence-electron chi connectivity index (χ2n) is 6.04. The molecule has 0 saturated carbocycles. The van der Waals surface area contributed by atoms with E-state index >= 15 is 0 Å². The fraction of sp³-hybridized carbons (Fsp3) is 0.714. The molecule has 122 valence electrons. The Morgan fingerprint density at radius 3 is 3.05 bits per heavy atom. The van der Waals surface area contributed by atoms with Gasteiger partial charge in [0, 0.05) is 19.5 Å². The van der Waals surface area contributed by atoms with Gasteiger partial charge in [0.05, 0.1) is 27.6 Å². The molecule has 3 rings (SSSR count). The molecule has 22 heavy (non-hydrogen) atoms. The van der Waals surface area contributed by atoms with Gasteiger partial charge in [-0.1, -0.05) is 0 Å². The van der Waals surface area contributed by atoms with E-state index in [9.17, 15) is 13.2 Å². The van der Waals surface area contributed by atoms with E-state index in [1.165, 1.54) is 11.3 Å². The van der Waals surface area contributed by atoms with Gasteiger partial charge in [0.1, 0.15) is 6.04 Å². The largest absolute Gasteiger partial charge is 0.340 e. The topological polar surface area (TPSA) is 79.4 Å². The Hall–Kier alpha value is -0.990. The number of nitrogens with zero attached hydrogens (tertiary/aromatic N) is 2. The summed E-state index contributed by atoms with van der Waals surface area (Å²) in [5, 5.41) is 3.08. The molecule has 3 heterocycles. The predicted octanol–water partition coefficient (Wildman–Crippen LogP) is 0.613. The number of aromatic nitrogens is 1. The lowest BCUT2D eigenvalue weighted by Gasteiger charge is -2.30. The summed E-state index contributed by atoms with van der Waals surface area (Å²) < 4.78 is 23.6. The predicted molar refractivity (Wildman–Crippen MR) is 85.6 cm³/mol. The third-order valence-corrected chi connectivity index (χ3v) is 7.26. The van der Waals surface area contributed by atoms with Gasteiger partial charge < -0.3 is 10.2 Å². The molecule has 0 aromatic carbocycles. The van der Waals surface area contributed by atoms with Gasteiger partial charge in [-0.25, -0.2) is 13.4 Å². The van der Waals surface area contributed by atoms with Crippen molar-refractivity contribution in [1.82, 2.24) is 15.2 Å². The lowest BCUT2D eigenvalue weighted by atomic mass is 10.0. The summed E-state index contributed by atoms with van der Waals surface area (Å²) in [6.07, 6.45) is 2.33. The van der Waals surface area contributed by atoms with Crippen molar-refractivity contribution in [2.24, 2.45) is 5.92 Å². The summed E-state index contributed by atoms with van der Waals surface area (Å²) in [5.74, 6) is 0.594. The standard InChI is InChI=1S/C14H21N3O3S2/c1-15-12-13-11(16-9-21-13)4-5-17(14(12)18)7-10-3-2-6-22(19,20)8-10/h9-10,12,15H,2-8H2,1H3. The number of fused-ring (bicyclic) bond motifs is 1. The van der Waals surface area contributed by atoms with Gasteiger partial charge in [0.2, 0.25) is 5.91 Å². The number of hydrogen-bond acceptors (Lipinski definition) is 6. The van der Waals surface area contributed by atoms with Crippen LogP contribution in [0, 0.1) is 5.92 Å². The monoisotopic (exact) mass is 343 g/mol. The fourth-order valence-corrected chi connectivity index (χ4v) is 6.06. The number of carbonyl (C=O) groups excluding carboxylic acids is 1. The molecular formula is C14H21N3O3S2. The van der Waals surface area contributed by atoms with Crippen LogP contribution >= 0.6 is 11.3 Å². The highest BCUT2D eigenvalue weighted by Crippen LogP contribution is 2.29. The highest BCUT2D eigenvalue weighted by atomic mass is 32.2. The van der Waals surface area contributed by atoms with Crippen LogP contribution in [-0.4, -0.2) is 55.9 Å². The second-order valence-corrected chi connectivity index (χ2v) is 9.16. The second kappa shape index (κ2) is 6.25. The van der Waals surface area contributed by atoms with Crippen molar-refractivity contribution in [2.45, 2.75) is 25.3 Å². The molecular weight excluding hydrogens is 322 g/mol. The first-order valence-corrected chi connectivity index (χ1v) is 10.3. The number of carbonyl (C=O) groups is 1. The van der Waals surface area contributed by atoms with Crippen LogP contribution in [0.15, 0.2) is 5.51 Å². The van der Waals surface area contributed by atoms with Gasteiger partial charge in [0.25, 0.3) is 0 Å².